The van der Waals surface area contributed by atoms with E-state index in [1.807, 2.05) is 11.4 Å². The first-order valence-corrected chi connectivity index (χ1v) is 6.56. The van der Waals surface area contributed by atoms with E-state index in [0.717, 1.165) is 18.7 Å². The van der Waals surface area contributed by atoms with Crippen molar-refractivity contribution in [1.29, 1.82) is 5.26 Å². The summed E-state index contributed by atoms with van der Waals surface area (Å²) in [7, 11) is 2.19. The van der Waals surface area contributed by atoms with Crippen LogP contribution in [0.25, 0.3) is 0 Å². The molecule has 2 rings (SSSR count). The van der Waals surface area contributed by atoms with Gasteiger partial charge in [-0.05, 0) is 32.5 Å². The Bertz CT molecular complexity index is 380. The van der Waals surface area contributed by atoms with E-state index in [4.69, 9.17) is 5.26 Å². The topological polar surface area (TPSA) is 39.1 Å². The predicted molar refractivity (Wildman–Crippen MR) is 66.4 cm³/mol. The molecule has 2 heterocycles. The fraction of sp³-hybridized carbons (Fsp3) is 0.583. The molecule has 0 spiro atoms. The highest BCUT2D eigenvalue weighted by Crippen LogP contribution is 2.15. The number of nitrogens with zero attached hydrogens (tertiary/aromatic N) is 2. The zero-order valence-electron chi connectivity index (χ0n) is 9.57. The summed E-state index contributed by atoms with van der Waals surface area (Å²) < 4.78 is 0. The molecule has 1 aliphatic heterocycles. The van der Waals surface area contributed by atoms with E-state index in [1.165, 1.54) is 24.3 Å². The van der Waals surface area contributed by atoms with Crippen LogP contribution < -0.4 is 5.32 Å². The summed E-state index contributed by atoms with van der Waals surface area (Å²) >= 11 is 1.66. The fourth-order valence-corrected chi connectivity index (χ4v) is 2.91. The van der Waals surface area contributed by atoms with Crippen molar-refractivity contribution in [3.63, 3.8) is 0 Å². The Labute approximate surface area is 101 Å². The molecule has 16 heavy (non-hydrogen) atoms. The first-order chi connectivity index (χ1) is 7.79. The highest BCUT2D eigenvalue weighted by atomic mass is 32.1. The molecule has 1 aromatic heterocycles. The van der Waals surface area contributed by atoms with E-state index < -0.39 is 0 Å². The molecular formula is C12H17N3S. The average molecular weight is 235 g/mol. The normalized spacial score (nSPS) is 21.1. The van der Waals surface area contributed by atoms with Gasteiger partial charge in [-0.15, -0.1) is 11.3 Å². The van der Waals surface area contributed by atoms with Gasteiger partial charge in [0, 0.05) is 29.4 Å². The third kappa shape index (κ3) is 2.82. The van der Waals surface area contributed by atoms with E-state index in [-0.39, 0.29) is 0 Å². The number of rotatable bonds is 4. The van der Waals surface area contributed by atoms with Gasteiger partial charge in [-0.1, -0.05) is 0 Å². The zero-order chi connectivity index (χ0) is 11.4. The first kappa shape index (κ1) is 11.6. The quantitative estimate of drug-likeness (QED) is 0.865. The summed E-state index contributed by atoms with van der Waals surface area (Å²) in [5.74, 6) is 0. The lowest BCUT2D eigenvalue weighted by molar-refractivity contribution is 0.300. The fourth-order valence-electron chi connectivity index (χ4n) is 2.13. The minimum Gasteiger partial charge on any atom is -0.310 e. The smallest absolute Gasteiger partial charge is 0.100 e. The van der Waals surface area contributed by atoms with Crippen LogP contribution in [0.4, 0.5) is 0 Å². The number of thiophene rings is 1. The highest BCUT2D eigenvalue weighted by Gasteiger charge is 2.19. The molecule has 4 heteroatoms. The van der Waals surface area contributed by atoms with Crippen molar-refractivity contribution < 1.29 is 0 Å². The Morgan fingerprint density at radius 2 is 2.56 bits per heavy atom. The monoisotopic (exact) mass is 235 g/mol. The Hall–Kier alpha value is -0.890. The van der Waals surface area contributed by atoms with Crippen LogP contribution in [0.5, 0.6) is 0 Å². The SMILES string of the molecule is CN1CCCC1CNCc1cc(C#N)cs1. The van der Waals surface area contributed by atoms with Gasteiger partial charge in [0.1, 0.15) is 6.07 Å². The summed E-state index contributed by atoms with van der Waals surface area (Å²) in [5.41, 5.74) is 0.778. The molecule has 1 fully saturated rings. The number of likely N-dealkylation sites (N-methyl/N-ethyl adjacent to an activating group) is 1. The summed E-state index contributed by atoms with van der Waals surface area (Å²) in [6.07, 6.45) is 2.62. The van der Waals surface area contributed by atoms with E-state index in [9.17, 15) is 0 Å². The number of nitrogens with one attached hydrogen (secondary N) is 1. The van der Waals surface area contributed by atoms with Crippen molar-refractivity contribution in [2.75, 3.05) is 20.1 Å². The molecular weight excluding hydrogens is 218 g/mol. The molecule has 0 bridgehead atoms. The van der Waals surface area contributed by atoms with Gasteiger partial charge < -0.3 is 10.2 Å². The molecule has 1 N–H and O–H groups in total. The Morgan fingerprint density at radius 1 is 1.69 bits per heavy atom. The van der Waals surface area contributed by atoms with E-state index in [1.54, 1.807) is 11.3 Å². The van der Waals surface area contributed by atoms with Crippen molar-refractivity contribution in [2.24, 2.45) is 0 Å². The molecule has 0 amide bonds. The Balaban J connectivity index is 1.73. The molecule has 1 aliphatic rings. The lowest BCUT2D eigenvalue weighted by Crippen LogP contribution is -2.35. The number of hydrogen-bond acceptors (Lipinski definition) is 4. The lowest BCUT2D eigenvalue weighted by Gasteiger charge is -2.19. The highest BCUT2D eigenvalue weighted by molar-refractivity contribution is 7.10. The van der Waals surface area contributed by atoms with Crippen molar-refractivity contribution in [1.82, 2.24) is 10.2 Å². The number of hydrogen-bond donors (Lipinski definition) is 1. The van der Waals surface area contributed by atoms with Crippen LogP contribution in [-0.2, 0) is 6.54 Å². The molecule has 0 aromatic carbocycles. The van der Waals surface area contributed by atoms with E-state index >= 15 is 0 Å². The summed E-state index contributed by atoms with van der Waals surface area (Å²) in [5, 5.41) is 14.1. The van der Waals surface area contributed by atoms with Crippen LogP contribution in [0.3, 0.4) is 0 Å². The second-order valence-electron chi connectivity index (χ2n) is 4.32. The molecule has 3 nitrogen and oxygen atoms in total. The molecule has 1 saturated heterocycles. The molecule has 1 atom stereocenters. The van der Waals surface area contributed by atoms with Gasteiger partial charge in [0.05, 0.1) is 5.56 Å². The summed E-state index contributed by atoms with van der Waals surface area (Å²) in [6, 6.07) is 4.82. The van der Waals surface area contributed by atoms with Crippen LogP contribution in [0.1, 0.15) is 23.3 Å². The van der Waals surface area contributed by atoms with Crippen molar-refractivity contribution in [3.8, 4) is 6.07 Å². The second-order valence-corrected chi connectivity index (χ2v) is 5.32. The van der Waals surface area contributed by atoms with Gasteiger partial charge in [0.15, 0.2) is 0 Å². The third-order valence-electron chi connectivity index (χ3n) is 3.13. The van der Waals surface area contributed by atoms with Gasteiger partial charge in [-0.2, -0.15) is 5.26 Å². The van der Waals surface area contributed by atoms with Crippen molar-refractivity contribution >= 4 is 11.3 Å². The number of nitriles is 1. The van der Waals surface area contributed by atoms with Crippen LogP contribution in [0.15, 0.2) is 11.4 Å². The average Bonchev–Trinajstić information content (AvgIpc) is 2.89. The minimum absolute atomic E-state index is 0.690. The van der Waals surface area contributed by atoms with Gasteiger partial charge in [0.2, 0.25) is 0 Å². The maximum Gasteiger partial charge on any atom is 0.100 e. The van der Waals surface area contributed by atoms with Gasteiger partial charge in [-0.25, -0.2) is 0 Å². The van der Waals surface area contributed by atoms with Gasteiger partial charge >= 0.3 is 0 Å². The molecule has 0 aliphatic carbocycles. The Kier molecular flexibility index (Phi) is 3.94. The van der Waals surface area contributed by atoms with E-state index in [2.05, 4.69) is 23.3 Å². The molecule has 1 unspecified atom stereocenters. The summed E-state index contributed by atoms with van der Waals surface area (Å²) in [4.78, 5) is 3.67. The van der Waals surface area contributed by atoms with Crippen molar-refractivity contribution in [3.05, 3.63) is 21.9 Å². The molecule has 1 aromatic rings. The van der Waals surface area contributed by atoms with Crippen molar-refractivity contribution in [2.45, 2.75) is 25.4 Å². The first-order valence-electron chi connectivity index (χ1n) is 5.68. The summed E-state index contributed by atoms with van der Waals surface area (Å²) in [6.45, 7) is 3.16. The maximum absolute atomic E-state index is 8.71. The largest absolute Gasteiger partial charge is 0.310 e. The zero-order valence-corrected chi connectivity index (χ0v) is 10.4. The Morgan fingerprint density at radius 3 is 3.19 bits per heavy atom. The third-order valence-corrected chi connectivity index (χ3v) is 4.07. The molecule has 0 saturated carbocycles. The van der Waals surface area contributed by atoms with Crippen LogP contribution in [0.2, 0.25) is 0 Å². The molecule has 0 radical (unpaired) electrons. The van der Waals surface area contributed by atoms with Crippen LogP contribution >= 0.6 is 11.3 Å². The lowest BCUT2D eigenvalue weighted by atomic mass is 10.2. The van der Waals surface area contributed by atoms with Gasteiger partial charge in [-0.3, -0.25) is 0 Å². The number of likely N-dealkylation sites (tertiary alicyclic amines) is 1. The maximum atomic E-state index is 8.71. The standard InChI is InChI=1S/C12H17N3S/c1-15-4-2-3-11(15)7-14-8-12-5-10(6-13)9-16-12/h5,9,11,14H,2-4,7-8H2,1H3. The van der Waals surface area contributed by atoms with Crippen LogP contribution in [-0.4, -0.2) is 31.1 Å². The van der Waals surface area contributed by atoms with E-state index in [0.29, 0.717) is 6.04 Å². The second kappa shape index (κ2) is 5.44. The van der Waals surface area contributed by atoms with Gasteiger partial charge in [0.25, 0.3) is 0 Å². The minimum atomic E-state index is 0.690. The van der Waals surface area contributed by atoms with Crippen LogP contribution in [0, 0.1) is 11.3 Å². The molecule has 86 valence electrons. The predicted octanol–water partition coefficient (Wildman–Crippen LogP) is 1.80.